The molecular weight excluding hydrogens is 471 g/mol. The highest BCUT2D eigenvalue weighted by atomic mass is 35.5. The van der Waals surface area contributed by atoms with E-state index in [1.807, 2.05) is 0 Å². The van der Waals surface area contributed by atoms with Crippen LogP contribution in [-0.4, -0.2) is 40.6 Å². The number of nitrogens with one attached hydrogen (secondary N) is 1. The Labute approximate surface area is 199 Å². The molecule has 174 valence electrons. The van der Waals surface area contributed by atoms with Gasteiger partial charge in [-0.1, -0.05) is 29.4 Å². The van der Waals surface area contributed by atoms with Gasteiger partial charge in [0.15, 0.2) is 11.0 Å². The molecule has 0 saturated heterocycles. The standard InChI is InChI=1S/C22H22ClFN4O4S/c1-4-9-28-20(12-32-15-7-5-14(24)6-8-15)26-27-22(28)33-13-21(29)25-17-11-18(30-2)16(23)10-19(17)31-3/h4-8,10-11H,1,9,12-13H2,2-3H3,(H,25,29). The summed E-state index contributed by atoms with van der Waals surface area (Å²) in [5.74, 6) is 1.33. The first-order valence-corrected chi connectivity index (χ1v) is 11.1. The van der Waals surface area contributed by atoms with Gasteiger partial charge >= 0.3 is 0 Å². The van der Waals surface area contributed by atoms with Gasteiger partial charge in [0.1, 0.15) is 29.7 Å². The first-order chi connectivity index (χ1) is 15.9. The van der Waals surface area contributed by atoms with Crippen LogP contribution in [0.2, 0.25) is 5.02 Å². The Morgan fingerprint density at radius 2 is 1.94 bits per heavy atom. The van der Waals surface area contributed by atoms with E-state index in [2.05, 4.69) is 22.1 Å². The number of carbonyl (C=O) groups excluding carboxylic acids is 1. The van der Waals surface area contributed by atoms with Crippen molar-refractivity contribution in [3.63, 3.8) is 0 Å². The molecule has 0 fully saturated rings. The molecule has 0 unspecified atom stereocenters. The SMILES string of the molecule is C=CCn1c(COc2ccc(F)cc2)nnc1SCC(=O)Nc1cc(OC)c(Cl)cc1OC. The van der Waals surface area contributed by atoms with Gasteiger partial charge in [-0.3, -0.25) is 9.36 Å². The molecule has 0 bridgehead atoms. The molecule has 0 aliphatic heterocycles. The Hall–Kier alpha value is -3.24. The summed E-state index contributed by atoms with van der Waals surface area (Å²) in [7, 11) is 2.97. The number of thioether (sulfide) groups is 1. The number of hydrogen-bond acceptors (Lipinski definition) is 7. The minimum absolute atomic E-state index is 0.0716. The van der Waals surface area contributed by atoms with E-state index in [-0.39, 0.29) is 24.1 Å². The average molecular weight is 493 g/mol. The van der Waals surface area contributed by atoms with Gasteiger partial charge in [0.25, 0.3) is 0 Å². The molecule has 3 rings (SSSR count). The van der Waals surface area contributed by atoms with E-state index >= 15 is 0 Å². The number of methoxy groups -OCH3 is 2. The zero-order valence-electron chi connectivity index (χ0n) is 18.0. The van der Waals surface area contributed by atoms with Crippen molar-refractivity contribution in [1.82, 2.24) is 14.8 Å². The maximum Gasteiger partial charge on any atom is 0.234 e. The largest absolute Gasteiger partial charge is 0.495 e. The van der Waals surface area contributed by atoms with E-state index in [0.29, 0.717) is 45.5 Å². The number of hydrogen-bond donors (Lipinski definition) is 1. The highest BCUT2D eigenvalue weighted by molar-refractivity contribution is 7.99. The smallest absolute Gasteiger partial charge is 0.234 e. The predicted octanol–water partition coefficient (Wildman–Crippen LogP) is 4.58. The zero-order valence-corrected chi connectivity index (χ0v) is 19.6. The number of nitrogens with zero attached hydrogens (tertiary/aromatic N) is 3. The molecule has 33 heavy (non-hydrogen) atoms. The molecule has 0 aliphatic carbocycles. The van der Waals surface area contributed by atoms with E-state index in [0.717, 1.165) is 0 Å². The first kappa shape index (κ1) is 24.4. The topological polar surface area (TPSA) is 87.5 Å². The molecule has 0 saturated carbocycles. The van der Waals surface area contributed by atoms with Gasteiger partial charge in [0.2, 0.25) is 5.91 Å². The minimum Gasteiger partial charge on any atom is -0.495 e. The highest BCUT2D eigenvalue weighted by Gasteiger charge is 2.16. The van der Waals surface area contributed by atoms with Crippen molar-refractivity contribution < 1.29 is 23.4 Å². The van der Waals surface area contributed by atoms with Gasteiger partial charge in [-0.2, -0.15) is 0 Å². The second-order valence-corrected chi connectivity index (χ2v) is 7.91. The summed E-state index contributed by atoms with van der Waals surface area (Å²) in [4.78, 5) is 12.6. The molecule has 0 atom stereocenters. The van der Waals surface area contributed by atoms with Crippen LogP contribution in [0.25, 0.3) is 0 Å². The number of halogens is 2. The molecule has 1 amide bonds. The Morgan fingerprint density at radius 3 is 2.61 bits per heavy atom. The fourth-order valence-corrected chi connectivity index (χ4v) is 3.80. The van der Waals surface area contributed by atoms with Gasteiger partial charge in [0, 0.05) is 18.7 Å². The lowest BCUT2D eigenvalue weighted by atomic mass is 10.2. The summed E-state index contributed by atoms with van der Waals surface area (Å²) >= 11 is 7.32. The van der Waals surface area contributed by atoms with Crippen molar-refractivity contribution in [2.75, 3.05) is 25.3 Å². The molecule has 8 nitrogen and oxygen atoms in total. The average Bonchev–Trinajstić information content (AvgIpc) is 3.19. The van der Waals surface area contributed by atoms with Crippen LogP contribution in [0.3, 0.4) is 0 Å². The minimum atomic E-state index is -0.344. The Kier molecular flexibility index (Phi) is 8.56. The van der Waals surface area contributed by atoms with Gasteiger partial charge in [-0.15, -0.1) is 16.8 Å². The molecule has 0 radical (unpaired) electrons. The van der Waals surface area contributed by atoms with Crippen LogP contribution in [-0.2, 0) is 17.9 Å². The lowest BCUT2D eigenvalue weighted by molar-refractivity contribution is -0.113. The van der Waals surface area contributed by atoms with Crippen LogP contribution in [0, 0.1) is 5.82 Å². The van der Waals surface area contributed by atoms with Crippen molar-refractivity contribution in [2.45, 2.75) is 18.3 Å². The molecular formula is C22H22ClFN4O4S. The van der Waals surface area contributed by atoms with Crippen molar-refractivity contribution >= 4 is 35.0 Å². The highest BCUT2D eigenvalue weighted by Crippen LogP contribution is 2.36. The van der Waals surface area contributed by atoms with E-state index in [1.165, 1.54) is 50.2 Å². The van der Waals surface area contributed by atoms with Gasteiger partial charge in [-0.25, -0.2) is 4.39 Å². The fraction of sp³-hybridized carbons (Fsp3) is 0.227. The maximum atomic E-state index is 13.1. The quantitative estimate of drug-likeness (QED) is 0.309. The van der Waals surface area contributed by atoms with Crippen molar-refractivity contribution in [3.8, 4) is 17.2 Å². The molecule has 2 aromatic carbocycles. The van der Waals surface area contributed by atoms with Crippen LogP contribution in [0.1, 0.15) is 5.82 Å². The molecule has 3 aromatic rings. The van der Waals surface area contributed by atoms with Gasteiger partial charge in [0.05, 0.1) is 30.7 Å². The third-order valence-electron chi connectivity index (χ3n) is 4.37. The summed E-state index contributed by atoms with van der Waals surface area (Å²) < 4.78 is 31.0. The summed E-state index contributed by atoms with van der Waals surface area (Å²) in [5.41, 5.74) is 0.435. The van der Waals surface area contributed by atoms with Crippen LogP contribution in [0.5, 0.6) is 17.2 Å². The first-order valence-electron chi connectivity index (χ1n) is 9.70. The normalized spacial score (nSPS) is 10.5. The van der Waals surface area contributed by atoms with E-state index < -0.39 is 0 Å². The summed E-state index contributed by atoms with van der Waals surface area (Å²) in [6.07, 6.45) is 1.69. The molecule has 0 spiro atoms. The van der Waals surface area contributed by atoms with Crippen molar-refractivity contribution in [1.29, 1.82) is 0 Å². The molecule has 0 aliphatic rings. The second-order valence-electron chi connectivity index (χ2n) is 6.56. The number of rotatable bonds is 11. The Balaban J connectivity index is 1.65. The Morgan fingerprint density at radius 1 is 1.21 bits per heavy atom. The number of ether oxygens (including phenoxy) is 3. The lowest BCUT2D eigenvalue weighted by Gasteiger charge is -2.13. The Bertz CT molecular complexity index is 1120. The van der Waals surface area contributed by atoms with E-state index in [9.17, 15) is 9.18 Å². The summed E-state index contributed by atoms with van der Waals surface area (Å²) in [6, 6.07) is 8.85. The van der Waals surface area contributed by atoms with Gasteiger partial charge < -0.3 is 19.5 Å². The van der Waals surface area contributed by atoms with Crippen LogP contribution >= 0.6 is 23.4 Å². The van der Waals surface area contributed by atoms with Gasteiger partial charge in [-0.05, 0) is 24.3 Å². The number of amides is 1. The third-order valence-corrected chi connectivity index (χ3v) is 5.63. The van der Waals surface area contributed by atoms with E-state index in [1.54, 1.807) is 22.8 Å². The summed E-state index contributed by atoms with van der Waals surface area (Å²) in [6.45, 7) is 4.31. The third kappa shape index (κ3) is 6.39. The van der Waals surface area contributed by atoms with Crippen molar-refractivity contribution in [2.24, 2.45) is 0 Å². The number of carbonyl (C=O) groups is 1. The molecule has 11 heteroatoms. The van der Waals surface area contributed by atoms with E-state index in [4.69, 9.17) is 25.8 Å². The zero-order chi connectivity index (χ0) is 23.8. The number of aromatic nitrogens is 3. The second kappa shape index (κ2) is 11.6. The summed E-state index contributed by atoms with van der Waals surface area (Å²) in [5, 5.41) is 12.0. The number of allylic oxidation sites excluding steroid dienone is 1. The lowest BCUT2D eigenvalue weighted by Crippen LogP contribution is -2.15. The molecule has 1 heterocycles. The van der Waals surface area contributed by atoms with Crippen molar-refractivity contribution in [3.05, 3.63) is 65.7 Å². The number of benzene rings is 2. The fourth-order valence-electron chi connectivity index (χ4n) is 2.80. The maximum absolute atomic E-state index is 13.1. The molecule has 1 aromatic heterocycles. The monoisotopic (exact) mass is 492 g/mol. The van der Waals surface area contributed by atoms with Crippen LogP contribution < -0.4 is 19.5 Å². The van der Waals surface area contributed by atoms with Crippen LogP contribution in [0.15, 0.2) is 54.2 Å². The predicted molar refractivity (Wildman–Crippen MR) is 125 cm³/mol. The number of anilines is 1. The molecule has 1 N–H and O–H groups in total. The van der Waals surface area contributed by atoms with Crippen LogP contribution in [0.4, 0.5) is 10.1 Å².